The number of rotatable bonds is 3. The van der Waals surface area contributed by atoms with Crippen molar-refractivity contribution in [3.63, 3.8) is 0 Å². The Bertz CT molecular complexity index is 1470. The first kappa shape index (κ1) is 27.9. The van der Waals surface area contributed by atoms with Crippen molar-refractivity contribution >= 4 is 41.2 Å². The van der Waals surface area contributed by atoms with Gasteiger partial charge in [-0.2, -0.15) is 0 Å². The van der Waals surface area contributed by atoms with Gasteiger partial charge in [0.1, 0.15) is 23.6 Å². The standard InChI is InChI=1S/C28H36BN7O4/c1-18-15-34(25(37)38-26(2,3)4)12-13-35(18)23-22-20(29-39-27(5,6)28(7,8)40-29)16-36(24(22)33-17-32-23)21-14-19(30-9)10-11-31-21/h10-11,14,16-18H,12-13,15H2,1-8H3/t18-/m0/s1. The number of aromatic nitrogens is 4. The summed E-state index contributed by atoms with van der Waals surface area (Å²) in [5.74, 6) is 1.29. The molecular formula is C28H36BN7O4. The van der Waals surface area contributed by atoms with Crippen molar-refractivity contribution in [3.05, 3.63) is 42.3 Å². The van der Waals surface area contributed by atoms with Crippen LogP contribution in [0.25, 0.3) is 21.7 Å². The molecule has 3 aromatic rings. The Labute approximate surface area is 235 Å². The van der Waals surface area contributed by atoms with E-state index < -0.39 is 23.9 Å². The molecule has 2 aliphatic rings. The molecule has 2 fully saturated rings. The van der Waals surface area contributed by atoms with E-state index in [9.17, 15) is 4.79 Å². The molecule has 0 spiro atoms. The van der Waals surface area contributed by atoms with Gasteiger partial charge in [0.2, 0.25) is 0 Å². The summed E-state index contributed by atoms with van der Waals surface area (Å²) in [4.78, 5) is 34.2. The third-order valence-corrected chi connectivity index (χ3v) is 7.76. The molecule has 1 amide bonds. The zero-order valence-electron chi connectivity index (χ0n) is 24.4. The third-order valence-electron chi connectivity index (χ3n) is 7.76. The SMILES string of the molecule is [C-]#[N+]c1ccnc(-n2cc(B3OC(C)(C)C(C)(C)O3)c3c(N4CCN(C(=O)OC(C)(C)C)C[C@@H]4C)ncnc32)c1. The number of piperazine rings is 1. The highest BCUT2D eigenvalue weighted by atomic mass is 16.7. The molecule has 0 unspecified atom stereocenters. The maximum absolute atomic E-state index is 12.8. The first-order chi connectivity index (χ1) is 18.7. The number of hydrogen-bond donors (Lipinski definition) is 0. The molecule has 5 heterocycles. The molecule has 2 saturated heterocycles. The van der Waals surface area contributed by atoms with Gasteiger partial charge in [0.15, 0.2) is 11.3 Å². The number of nitrogens with zero attached hydrogens (tertiary/aromatic N) is 7. The summed E-state index contributed by atoms with van der Waals surface area (Å²) in [5.41, 5.74) is 0.236. The van der Waals surface area contributed by atoms with Gasteiger partial charge in [0.05, 0.1) is 23.2 Å². The monoisotopic (exact) mass is 545 g/mol. The Kier molecular flexibility index (Phi) is 6.79. The summed E-state index contributed by atoms with van der Waals surface area (Å²) in [5, 5.41) is 0.786. The number of pyridine rings is 1. The van der Waals surface area contributed by atoms with E-state index in [0.717, 1.165) is 16.7 Å². The summed E-state index contributed by atoms with van der Waals surface area (Å²) in [7, 11) is -0.666. The first-order valence-corrected chi connectivity index (χ1v) is 13.5. The molecular weight excluding hydrogens is 509 g/mol. The number of hydrogen-bond acceptors (Lipinski definition) is 8. The Balaban J connectivity index is 1.59. The molecule has 0 radical (unpaired) electrons. The van der Waals surface area contributed by atoms with Gasteiger partial charge in [-0.25, -0.2) is 24.6 Å². The predicted octanol–water partition coefficient (Wildman–Crippen LogP) is 4.11. The molecule has 2 aliphatic heterocycles. The average molecular weight is 545 g/mol. The zero-order chi connectivity index (χ0) is 29.0. The van der Waals surface area contributed by atoms with Crippen molar-refractivity contribution in [2.75, 3.05) is 24.5 Å². The second-order valence-electron chi connectivity index (χ2n) is 12.4. The van der Waals surface area contributed by atoms with E-state index >= 15 is 0 Å². The van der Waals surface area contributed by atoms with Gasteiger partial charge >= 0.3 is 13.2 Å². The van der Waals surface area contributed by atoms with Crippen molar-refractivity contribution in [2.45, 2.75) is 78.2 Å². The van der Waals surface area contributed by atoms with E-state index in [-0.39, 0.29) is 12.1 Å². The topological polar surface area (TPSA) is 99.2 Å². The van der Waals surface area contributed by atoms with Gasteiger partial charge in [-0.15, -0.1) is 0 Å². The van der Waals surface area contributed by atoms with Crippen molar-refractivity contribution in [1.82, 2.24) is 24.4 Å². The van der Waals surface area contributed by atoms with Crippen LogP contribution in [0.15, 0.2) is 30.9 Å². The first-order valence-electron chi connectivity index (χ1n) is 13.5. The van der Waals surface area contributed by atoms with E-state index in [0.29, 0.717) is 36.8 Å². The van der Waals surface area contributed by atoms with Crippen LogP contribution >= 0.6 is 0 Å². The summed E-state index contributed by atoms with van der Waals surface area (Å²) in [6, 6.07) is 3.35. The average Bonchev–Trinajstić information content (AvgIpc) is 3.36. The molecule has 3 aromatic heterocycles. The Morgan fingerprint density at radius 2 is 1.85 bits per heavy atom. The molecule has 0 aromatic carbocycles. The summed E-state index contributed by atoms with van der Waals surface area (Å²) < 4.78 is 20.4. The van der Waals surface area contributed by atoms with E-state index in [1.807, 2.05) is 59.2 Å². The van der Waals surface area contributed by atoms with Crippen molar-refractivity contribution < 1.29 is 18.8 Å². The molecule has 11 nitrogen and oxygen atoms in total. The van der Waals surface area contributed by atoms with Crippen molar-refractivity contribution in [2.24, 2.45) is 0 Å². The van der Waals surface area contributed by atoms with Crippen LogP contribution in [0.4, 0.5) is 16.3 Å². The number of ether oxygens (including phenoxy) is 1. The summed E-state index contributed by atoms with van der Waals surface area (Å²) in [6.45, 7) is 24.7. The van der Waals surface area contributed by atoms with Gasteiger partial charge in [-0.05, 0) is 67.5 Å². The molecule has 5 rings (SSSR count). The van der Waals surface area contributed by atoms with Crippen LogP contribution in [0.3, 0.4) is 0 Å². The number of amides is 1. The van der Waals surface area contributed by atoms with Crippen LogP contribution in [0.1, 0.15) is 55.4 Å². The fourth-order valence-electron chi connectivity index (χ4n) is 4.99. The lowest BCUT2D eigenvalue weighted by Crippen LogP contribution is -2.55. The van der Waals surface area contributed by atoms with Gasteiger partial charge in [-0.1, -0.05) is 0 Å². The quantitative estimate of drug-likeness (QED) is 0.358. The normalized spacial score (nSPS) is 20.6. The fraction of sp³-hybridized carbons (Fsp3) is 0.536. The van der Waals surface area contributed by atoms with Crippen LogP contribution < -0.4 is 10.4 Å². The lowest BCUT2D eigenvalue weighted by atomic mass is 9.79. The highest BCUT2D eigenvalue weighted by Gasteiger charge is 2.53. The van der Waals surface area contributed by atoms with Gasteiger partial charge < -0.3 is 23.8 Å². The number of carbonyl (C=O) groups is 1. The van der Waals surface area contributed by atoms with Crippen molar-refractivity contribution in [1.29, 1.82) is 0 Å². The minimum atomic E-state index is -0.666. The van der Waals surface area contributed by atoms with Crippen LogP contribution in [0.2, 0.25) is 0 Å². The molecule has 210 valence electrons. The zero-order valence-corrected chi connectivity index (χ0v) is 24.4. The van der Waals surface area contributed by atoms with Gasteiger partial charge in [0, 0.05) is 43.5 Å². The Morgan fingerprint density at radius 1 is 1.15 bits per heavy atom. The molecule has 0 saturated carbocycles. The van der Waals surface area contributed by atoms with Crippen LogP contribution in [0, 0.1) is 6.57 Å². The Hall–Kier alpha value is -3.69. The largest absolute Gasteiger partial charge is 0.497 e. The van der Waals surface area contributed by atoms with E-state index in [1.165, 1.54) is 6.33 Å². The smallest absolute Gasteiger partial charge is 0.444 e. The second-order valence-corrected chi connectivity index (χ2v) is 12.4. The Morgan fingerprint density at radius 3 is 2.48 bits per heavy atom. The lowest BCUT2D eigenvalue weighted by Gasteiger charge is -2.41. The lowest BCUT2D eigenvalue weighted by molar-refractivity contribution is 0.00578. The molecule has 40 heavy (non-hydrogen) atoms. The predicted molar refractivity (Wildman–Crippen MR) is 153 cm³/mol. The van der Waals surface area contributed by atoms with E-state index in [1.54, 1.807) is 23.2 Å². The molecule has 0 aliphatic carbocycles. The van der Waals surface area contributed by atoms with Crippen LogP contribution in [-0.4, -0.2) is 80.1 Å². The van der Waals surface area contributed by atoms with E-state index in [4.69, 9.17) is 25.6 Å². The highest BCUT2D eigenvalue weighted by molar-refractivity contribution is 6.65. The third kappa shape index (κ3) is 5.00. The molecule has 0 N–H and O–H groups in total. The summed E-state index contributed by atoms with van der Waals surface area (Å²) in [6.07, 6.45) is 4.75. The molecule has 1 atom stereocenters. The maximum Gasteiger partial charge on any atom is 0.497 e. The van der Waals surface area contributed by atoms with Crippen molar-refractivity contribution in [3.8, 4) is 5.82 Å². The van der Waals surface area contributed by atoms with Gasteiger partial charge in [-0.3, -0.25) is 4.57 Å². The fourth-order valence-corrected chi connectivity index (χ4v) is 4.99. The molecule has 0 bridgehead atoms. The highest BCUT2D eigenvalue weighted by Crippen LogP contribution is 2.38. The van der Waals surface area contributed by atoms with Crippen LogP contribution in [-0.2, 0) is 14.0 Å². The second kappa shape index (κ2) is 9.75. The summed E-state index contributed by atoms with van der Waals surface area (Å²) >= 11 is 0. The van der Waals surface area contributed by atoms with E-state index in [2.05, 4.69) is 26.6 Å². The maximum atomic E-state index is 12.8. The number of carbonyl (C=O) groups excluding carboxylic acids is 1. The minimum Gasteiger partial charge on any atom is -0.444 e. The van der Waals surface area contributed by atoms with Gasteiger partial charge in [0.25, 0.3) is 0 Å². The minimum absolute atomic E-state index is 0.0440. The van der Waals surface area contributed by atoms with Crippen LogP contribution in [0.5, 0.6) is 0 Å². The number of anilines is 1. The molecule has 12 heteroatoms. The number of fused-ring (bicyclic) bond motifs is 1.